The standard InChI is InChI=1S/C14H22ClN3O/c1-4-18(9-14(2,3)8-16)12-6-5-10(15)7-11(12)13(17)19/h5-7H,4,8-9,16H2,1-3H3,(H2,17,19). The maximum Gasteiger partial charge on any atom is 0.250 e. The van der Waals surface area contributed by atoms with E-state index in [0.29, 0.717) is 17.1 Å². The minimum absolute atomic E-state index is 0.0371. The first-order valence-corrected chi connectivity index (χ1v) is 6.73. The largest absolute Gasteiger partial charge is 0.371 e. The summed E-state index contributed by atoms with van der Waals surface area (Å²) in [6.07, 6.45) is 0. The van der Waals surface area contributed by atoms with Gasteiger partial charge in [-0.15, -0.1) is 0 Å². The molecule has 0 fully saturated rings. The van der Waals surface area contributed by atoms with Gasteiger partial charge in [0, 0.05) is 23.8 Å². The lowest BCUT2D eigenvalue weighted by molar-refractivity contribution is 0.100. The molecule has 19 heavy (non-hydrogen) atoms. The van der Waals surface area contributed by atoms with E-state index in [1.165, 1.54) is 0 Å². The number of benzene rings is 1. The zero-order valence-electron chi connectivity index (χ0n) is 11.7. The molecule has 0 aromatic heterocycles. The van der Waals surface area contributed by atoms with E-state index >= 15 is 0 Å². The molecule has 0 aliphatic carbocycles. The van der Waals surface area contributed by atoms with Crippen LogP contribution in [0.4, 0.5) is 5.69 Å². The molecule has 1 aromatic rings. The fourth-order valence-corrected chi connectivity index (χ4v) is 2.10. The van der Waals surface area contributed by atoms with E-state index in [4.69, 9.17) is 23.1 Å². The van der Waals surface area contributed by atoms with E-state index in [0.717, 1.165) is 18.8 Å². The summed E-state index contributed by atoms with van der Waals surface area (Å²) in [5.41, 5.74) is 12.4. The molecular formula is C14H22ClN3O. The van der Waals surface area contributed by atoms with Crippen molar-refractivity contribution in [2.24, 2.45) is 16.9 Å². The molecule has 0 spiro atoms. The first-order chi connectivity index (χ1) is 8.80. The summed E-state index contributed by atoms with van der Waals surface area (Å²) < 4.78 is 0. The number of primary amides is 1. The molecule has 4 N–H and O–H groups in total. The third kappa shape index (κ3) is 4.11. The summed E-state index contributed by atoms with van der Waals surface area (Å²) >= 11 is 5.92. The number of rotatable bonds is 6. The molecule has 5 heteroatoms. The van der Waals surface area contributed by atoms with Gasteiger partial charge in [0.05, 0.1) is 5.56 Å². The maximum absolute atomic E-state index is 11.5. The van der Waals surface area contributed by atoms with E-state index in [1.54, 1.807) is 12.1 Å². The highest BCUT2D eigenvalue weighted by molar-refractivity contribution is 6.31. The van der Waals surface area contributed by atoms with E-state index in [1.807, 2.05) is 13.0 Å². The van der Waals surface area contributed by atoms with Crippen molar-refractivity contribution < 1.29 is 4.79 Å². The van der Waals surface area contributed by atoms with Crippen LogP contribution in [0.3, 0.4) is 0 Å². The quantitative estimate of drug-likeness (QED) is 0.841. The molecule has 1 amide bonds. The molecule has 0 aliphatic heterocycles. The summed E-state index contributed by atoms with van der Waals surface area (Å²) in [7, 11) is 0. The average Bonchev–Trinajstić information content (AvgIpc) is 2.36. The summed E-state index contributed by atoms with van der Waals surface area (Å²) in [5, 5.41) is 0.506. The Morgan fingerprint density at radius 3 is 2.53 bits per heavy atom. The van der Waals surface area contributed by atoms with Crippen LogP contribution in [-0.4, -0.2) is 25.5 Å². The molecule has 0 heterocycles. The number of amides is 1. The second-order valence-electron chi connectivity index (χ2n) is 5.41. The van der Waals surface area contributed by atoms with Crippen LogP contribution in [0.1, 0.15) is 31.1 Å². The SMILES string of the molecule is CCN(CC(C)(C)CN)c1ccc(Cl)cc1C(N)=O. The monoisotopic (exact) mass is 283 g/mol. The van der Waals surface area contributed by atoms with Crippen LogP contribution in [0.25, 0.3) is 0 Å². The Bertz CT molecular complexity index is 460. The number of halogens is 1. The van der Waals surface area contributed by atoms with Crippen LogP contribution in [0.5, 0.6) is 0 Å². The zero-order valence-corrected chi connectivity index (χ0v) is 12.5. The van der Waals surface area contributed by atoms with Gasteiger partial charge >= 0.3 is 0 Å². The van der Waals surface area contributed by atoms with Crippen LogP contribution < -0.4 is 16.4 Å². The van der Waals surface area contributed by atoms with E-state index in [9.17, 15) is 4.79 Å². The lowest BCUT2D eigenvalue weighted by Gasteiger charge is -2.33. The van der Waals surface area contributed by atoms with Crippen molar-refractivity contribution in [3.8, 4) is 0 Å². The average molecular weight is 284 g/mol. The highest BCUT2D eigenvalue weighted by Gasteiger charge is 2.22. The van der Waals surface area contributed by atoms with Crippen LogP contribution >= 0.6 is 11.6 Å². The highest BCUT2D eigenvalue weighted by atomic mass is 35.5. The van der Waals surface area contributed by atoms with Gasteiger partial charge in [0.25, 0.3) is 5.91 Å². The zero-order chi connectivity index (χ0) is 14.6. The number of hydrogen-bond acceptors (Lipinski definition) is 3. The minimum atomic E-state index is -0.471. The first kappa shape index (κ1) is 15.8. The lowest BCUT2D eigenvalue weighted by Crippen LogP contribution is -2.39. The Labute approximate surface area is 119 Å². The summed E-state index contributed by atoms with van der Waals surface area (Å²) in [6, 6.07) is 5.21. The van der Waals surface area contributed by atoms with Gasteiger partial charge in [0.15, 0.2) is 0 Å². The van der Waals surface area contributed by atoms with Crippen molar-refractivity contribution in [3.63, 3.8) is 0 Å². The Hall–Kier alpha value is -1.26. The van der Waals surface area contributed by atoms with Crippen LogP contribution in [0, 0.1) is 5.41 Å². The van der Waals surface area contributed by atoms with E-state index < -0.39 is 5.91 Å². The van der Waals surface area contributed by atoms with Gasteiger partial charge in [-0.05, 0) is 37.1 Å². The molecule has 0 radical (unpaired) electrons. The van der Waals surface area contributed by atoms with Gasteiger partial charge in [0.1, 0.15) is 0 Å². The Balaban J connectivity index is 3.15. The number of anilines is 1. The number of hydrogen-bond donors (Lipinski definition) is 2. The first-order valence-electron chi connectivity index (χ1n) is 6.35. The minimum Gasteiger partial charge on any atom is -0.371 e. The molecule has 0 saturated carbocycles. The Kier molecular flexibility index (Phi) is 5.20. The second-order valence-corrected chi connectivity index (χ2v) is 5.84. The van der Waals surface area contributed by atoms with Gasteiger partial charge in [-0.2, -0.15) is 0 Å². The van der Waals surface area contributed by atoms with Gasteiger partial charge in [-0.3, -0.25) is 4.79 Å². The van der Waals surface area contributed by atoms with E-state index in [-0.39, 0.29) is 5.41 Å². The summed E-state index contributed by atoms with van der Waals surface area (Å²) in [4.78, 5) is 13.6. The van der Waals surface area contributed by atoms with Gasteiger partial charge < -0.3 is 16.4 Å². The molecular weight excluding hydrogens is 262 g/mol. The van der Waals surface area contributed by atoms with Crippen LogP contribution in [-0.2, 0) is 0 Å². The molecule has 0 saturated heterocycles. The second kappa shape index (κ2) is 6.26. The summed E-state index contributed by atoms with van der Waals surface area (Å²) in [5.74, 6) is -0.471. The molecule has 1 aromatic carbocycles. The predicted molar refractivity (Wildman–Crippen MR) is 80.7 cm³/mol. The number of carbonyl (C=O) groups excluding carboxylic acids is 1. The molecule has 1 rings (SSSR count). The Morgan fingerprint density at radius 1 is 1.42 bits per heavy atom. The fourth-order valence-electron chi connectivity index (χ4n) is 1.93. The topological polar surface area (TPSA) is 72.3 Å². The predicted octanol–water partition coefficient (Wildman–Crippen LogP) is 2.25. The van der Waals surface area contributed by atoms with Crippen molar-refractivity contribution in [1.29, 1.82) is 0 Å². The van der Waals surface area contributed by atoms with Crippen molar-refractivity contribution in [2.45, 2.75) is 20.8 Å². The van der Waals surface area contributed by atoms with Gasteiger partial charge in [-0.1, -0.05) is 25.4 Å². The molecule has 0 aliphatic rings. The highest BCUT2D eigenvalue weighted by Crippen LogP contribution is 2.27. The maximum atomic E-state index is 11.5. The van der Waals surface area contributed by atoms with Crippen molar-refractivity contribution >= 4 is 23.2 Å². The van der Waals surface area contributed by atoms with Gasteiger partial charge in [0.2, 0.25) is 0 Å². The third-order valence-corrected chi connectivity index (χ3v) is 3.35. The fraction of sp³-hybridized carbons (Fsp3) is 0.500. The molecule has 106 valence electrons. The number of nitrogens with two attached hydrogens (primary N) is 2. The van der Waals surface area contributed by atoms with Crippen LogP contribution in [0.2, 0.25) is 5.02 Å². The smallest absolute Gasteiger partial charge is 0.250 e. The number of carbonyl (C=O) groups is 1. The molecule has 0 atom stereocenters. The lowest BCUT2D eigenvalue weighted by atomic mass is 9.92. The van der Waals surface area contributed by atoms with Crippen LogP contribution in [0.15, 0.2) is 18.2 Å². The third-order valence-electron chi connectivity index (χ3n) is 3.12. The van der Waals surface area contributed by atoms with Crippen molar-refractivity contribution in [3.05, 3.63) is 28.8 Å². The van der Waals surface area contributed by atoms with Crippen molar-refractivity contribution in [1.82, 2.24) is 0 Å². The van der Waals surface area contributed by atoms with Gasteiger partial charge in [-0.25, -0.2) is 0 Å². The molecule has 0 bridgehead atoms. The van der Waals surface area contributed by atoms with Crippen molar-refractivity contribution in [2.75, 3.05) is 24.5 Å². The Morgan fingerprint density at radius 2 is 2.05 bits per heavy atom. The van der Waals surface area contributed by atoms with E-state index in [2.05, 4.69) is 18.7 Å². The summed E-state index contributed by atoms with van der Waals surface area (Å²) in [6.45, 7) is 8.31. The molecule has 4 nitrogen and oxygen atoms in total. The number of nitrogens with zero attached hydrogens (tertiary/aromatic N) is 1. The normalized spacial score (nSPS) is 11.4. The molecule has 0 unspecified atom stereocenters.